The molecular formula is C18H16N4O3. The topological polar surface area (TPSA) is 69.5 Å². The van der Waals surface area contributed by atoms with Crippen LogP contribution in [-0.4, -0.2) is 39.6 Å². The number of rotatable bonds is 4. The molecule has 0 radical (unpaired) electrons. The lowest BCUT2D eigenvalue weighted by Crippen LogP contribution is -2.26. The van der Waals surface area contributed by atoms with Gasteiger partial charge in [-0.1, -0.05) is 24.3 Å². The minimum atomic E-state index is -0.195. The number of ether oxygens (including phenoxy) is 2. The average Bonchev–Trinajstić information content (AvgIpc) is 3.31. The lowest BCUT2D eigenvalue weighted by Gasteiger charge is -2.16. The smallest absolute Gasteiger partial charge is 0.276 e. The molecule has 0 fully saturated rings. The second kappa shape index (κ2) is 6.27. The lowest BCUT2D eigenvalue weighted by atomic mass is 10.2. The fourth-order valence-electron chi connectivity index (χ4n) is 2.63. The van der Waals surface area contributed by atoms with Crippen LogP contribution in [0.25, 0.3) is 5.69 Å². The molecule has 0 unspecified atom stereocenters. The third kappa shape index (κ3) is 3.03. The van der Waals surface area contributed by atoms with E-state index in [-0.39, 0.29) is 12.7 Å². The van der Waals surface area contributed by atoms with Crippen molar-refractivity contribution in [3.63, 3.8) is 0 Å². The van der Waals surface area contributed by atoms with Crippen LogP contribution in [0.15, 0.2) is 54.7 Å². The number of hydrogen-bond donors (Lipinski definition) is 0. The van der Waals surface area contributed by atoms with Crippen molar-refractivity contribution in [2.24, 2.45) is 0 Å². The molecule has 2 aromatic carbocycles. The number of fused-ring (bicyclic) bond motifs is 1. The van der Waals surface area contributed by atoms with Crippen LogP contribution < -0.4 is 9.47 Å². The third-order valence-corrected chi connectivity index (χ3v) is 3.90. The maximum Gasteiger partial charge on any atom is 0.276 e. The van der Waals surface area contributed by atoms with Gasteiger partial charge in [0.2, 0.25) is 6.79 Å². The van der Waals surface area contributed by atoms with E-state index in [0.717, 1.165) is 17.0 Å². The van der Waals surface area contributed by atoms with E-state index < -0.39 is 0 Å². The summed E-state index contributed by atoms with van der Waals surface area (Å²) in [4.78, 5) is 15.6. The van der Waals surface area contributed by atoms with Gasteiger partial charge in [0.25, 0.3) is 5.91 Å². The molecule has 1 aliphatic rings. The SMILES string of the molecule is CN(Cc1ccc2c(c1)OCO2)C(=O)c1cnn(-c2ccccc2)n1. The predicted octanol–water partition coefficient (Wildman–Crippen LogP) is 2.27. The molecule has 1 aromatic heterocycles. The van der Waals surface area contributed by atoms with Crippen molar-refractivity contribution in [1.29, 1.82) is 0 Å². The average molecular weight is 336 g/mol. The van der Waals surface area contributed by atoms with Gasteiger partial charge in [-0.05, 0) is 29.8 Å². The van der Waals surface area contributed by atoms with E-state index in [2.05, 4.69) is 10.2 Å². The first-order valence-corrected chi connectivity index (χ1v) is 7.82. The minimum Gasteiger partial charge on any atom is -0.454 e. The summed E-state index contributed by atoms with van der Waals surface area (Å²) in [6.07, 6.45) is 1.48. The van der Waals surface area contributed by atoms with Crippen molar-refractivity contribution in [3.8, 4) is 17.2 Å². The first-order chi connectivity index (χ1) is 12.2. The molecular weight excluding hydrogens is 320 g/mol. The second-order valence-corrected chi connectivity index (χ2v) is 5.70. The van der Waals surface area contributed by atoms with Crippen LogP contribution in [0.5, 0.6) is 11.5 Å². The van der Waals surface area contributed by atoms with Gasteiger partial charge in [-0.15, -0.1) is 5.10 Å². The first-order valence-electron chi connectivity index (χ1n) is 7.82. The predicted molar refractivity (Wildman–Crippen MR) is 89.7 cm³/mol. The number of nitrogens with zero attached hydrogens (tertiary/aromatic N) is 4. The van der Waals surface area contributed by atoms with Gasteiger partial charge in [0.05, 0.1) is 11.9 Å². The van der Waals surface area contributed by atoms with E-state index in [0.29, 0.717) is 18.0 Å². The van der Waals surface area contributed by atoms with Gasteiger partial charge in [-0.2, -0.15) is 9.90 Å². The van der Waals surface area contributed by atoms with Crippen LogP contribution in [0.1, 0.15) is 16.1 Å². The van der Waals surface area contributed by atoms with Crippen LogP contribution in [0.3, 0.4) is 0 Å². The highest BCUT2D eigenvalue weighted by molar-refractivity contribution is 5.91. The lowest BCUT2D eigenvalue weighted by molar-refractivity contribution is 0.0778. The Bertz CT molecular complexity index is 908. The maximum absolute atomic E-state index is 12.6. The van der Waals surface area contributed by atoms with Gasteiger partial charge in [0, 0.05) is 13.6 Å². The molecule has 0 N–H and O–H groups in total. The molecule has 25 heavy (non-hydrogen) atoms. The number of aromatic nitrogens is 3. The van der Waals surface area contributed by atoms with Crippen LogP contribution in [0, 0.1) is 0 Å². The summed E-state index contributed by atoms with van der Waals surface area (Å²) in [7, 11) is 1.73. The minimum absolute atomic E-state index is 0.195. The summed E-state index contributed by atoms with van der Waals surface area (Å²) in [5.41, 5.74) is 2.06. The number of benzene rings is 2. The van der Waals surface area contributed by atoms with E-state index in [1.807, 2.05) is 48.5 Å². The van der Waals surface area contributed by atoms with Gasteiger partial charge in [-0.25, -0.2) is 0 Å². The zero-order valence-corrected chi connectivity index (χ0v) is 13.6. The molecule has 0 atom stereocenters. The Kier molecular flexibility index (Phi) is 3.81. The van der Waals surface area contributed by atoms with Crippen LogP contribution >= 0.6 is 0 Å². The monoisotopic (exact) mass is 336 g/mol. The molecule has 4 rings (SSSR count). The third-order valence-electron chi connectivity index (χ3n) is 3.90. The first kappa shape index (κ1) is 15.2. The van der Waals surface area contributed by atoms with Crippen LogP contribution in [0.4, 0.5) is 0 Å². The van der Waals surface area contributed by atoms with Crippen molar-refractivity contribution in [2.45, 2.75) is 6.54 Å². The maximum atomic E-state index is 12.6. The van der Waals surface area contributed by atoms with Crippen LogP contribution in [0.2, 0.25) is 0 Å². The van der Waals surface area contributed by atoms with Crippen molar-refractivity contribution in [2.75, 3.05) is 13.8 Å². The van der Waals surface area contributed by atoms with Crippen molar-refractivity contribution in [3.05, 3.63) is 66.0 Å². The Hall–Kier alpha value is -3.35. The Morgan fingerprint density at radius 2 is 1.96 bits per heavy atom. The van der Waals surface area contributed by atoms with Crippen molar-refractivity contribution in [1.82, 2.24) is 19.9 Å². The zero-order valence-electron chi connectivity index (χ0n) is 13.6. The van der Waals surface area contributed by atoms with Gasteiger partial charge in [0.15, 0.2) is 17.2 Å². The summed E-state index contributed by atoms with van der Waals surface area (Å²) in [6, 6.07) is 15.1. The highest BCUT2D eigenvalue weighted by Crippen LogP contribution is 2.32. The van der Waals surface area contributed by atoms with Gasteiger partial charge in [-0.3, -0.25) is 4.79 Å². The van der Waals surface area contributed by atoms with Crippen molar-refractivity contribution >= 4 is 5.91 Å². The Morgan fingerprint density at radius 1 is 1.16 bits per heavy atom. The number of carbonyl (C=O) groups excluding carboxylic acids is 1. The van der Waals surface area contributed by atoms with E-state index in [1.165, 1.54) is 11.0 Å². The second-order valence-electron chi connectivity index (χ2n) is 5.70. The quantitative estimate of drug-likeness (QED) is 0.731. The largest absolute Gasteiger partial charge is 0.454 e. The van der Waals surface area contributed by atoms with E-state index in [9.17, 15) is 4.79 Å². The Morgan fingerprint density at radius 3 is 2.80 bits per heavy atom. The van der Waals surface area contributed by atoms with Gasteiger partial charge < -0.3 is 14.4 Å². The summed E-state index contributed by atoms with van der Waals surface area (Å²) in [5, 5.41) is 8.44. The molecule has 0 saturated carbocycles. The van der Waals surface area contributed by atoms with Gasteiger partial charge >= 0.3 is 0 Å². The zero-order chi connectivity index (χ0) is 17.2. The highest BCUT2D eigenvalue weighted by Gasteiger charge is 2.18. The highest BCUT2D eigenvalue weighted by atomic mass is 16.7. The molecule has 0 saturated heterocycles. The summed E-state index contributed by atoms with van der Waals surface area (Å²) >= 11 is 0. The number of hydrogen-bond acceptors (Lipinski definition) is 5. The normalized spacial score (nSPS) is 12.2. The molecule has 0 spiro atoms. The van der Waals surface area contributed by atoms with Crippen molar-refractivity contribution < 1.29 is 14.3 Å². The van der Waals surface area contributed by atoms with Gasteiger partial charge in [0.1, 0.15) is 0 Å². The number of amides is 1. The number of para-hydroxylation sites is 1. The molecule has 1 aliphatic heterocycles. The fraction of sp³-hybridized carbons (Fsp3) is 0.167. The molecule has 126 valence electrons. The summed E-state index contributed by atoms with van der Waals surface area (Å²) in [6.45, 7) is 0.670. The summed E-state index contributed by atoms with van der Waals surface area (Å²) < 4.78 is 10.7. The molecule has 1 amide bonds. The molecule has 0 bridgehead atoms. The fourth-order valence-corrected chi connectivity index (χ4v) is 2.63. The van der Waals surface area contributed by atoms with Crippen LogP contribution in [-0.2, 0) is 6.54 Å². The molecule has 0 aliphatic carbocycles. The standard InChI is InChI=1S/C18H16N4O3/c1-21(11-13-7-8-16-17(9-13)25-12-24-16)18(23)15-10-19-22(20-15)14-5-3-2-4-6-14/h2-10H,11-12H2,1H3. The molecule has 7 nitrogen and oxygen atoms in total. The van der Waals surface area contributed by atoms with E-state index >= 15 is 0 Å². The molecule has 2 heterocycles. The Balaban J connectivity index is 1.48. The molecule has 7 heteroatoms. The van der Waals surface area contributed by atoms with E-state index in [4.69, 9.17) is 9.47 Å². The summed E-state index contributed by atoms with van der Waals surface area (Å²) in [5.74, 6) is 1.23. The molecule has 3 aromatic rings. The number of carbonyl (C=O) groups is 1. The van der Waals surface area contributed by atoms with E-state index in [1.54, 1.807) is 11.9 Å². The Labute approximate surface area is 144 Å².